The number of nitrogens with one attached hydrogen (secondary N) is 2. The molecule has 0 unspecified atom stereocenters. The molecule has 0 atom stereocenters. The topological polar surface area (TPSA) is 151 Å². The van der Waals surface area contributed by atoms with Crippen LogP contribution in [0, 0.1) is 0 Å². The van der Waals surface area contributed by atoms with E-state index in [4.69, 9.17) is 32.3 Å². The molecule has 0 fully saturated rings. The first-order valence-corrected chi connectivity index (χ1v) is 11.9. The molecule has 3 aromatic carbocycles. The third kappa shape index (κ3) is 7.15. The zero-order valence-electron chi connectivity index (χ0n) is 15.7. The molecule has 0 aliphatic carbocycles. The monoisotopic (exact) mass is 520 g/mol. The van der Waals surface area contributed by atoms with Crippen molar-refractivity contribution in [1.29, 1.82) is 0 Å². The average Bonchev–Trinajstić information content (AvgIpc) is 2.66. The zero-order valence-corrected chi connectivity index (χ0v) is 18.8. The Labute approximate surface area is 193 Å². The van der Waals surface area contributed by atoms with Gasteiger partial charge in [0, 0.05) is 33.6 Å². The summed E-state index contributed by atoms with van der Waals surface area (Å²) in [4.78, 5) is 0. The number of hydrogen-bond donors (Lipinski definition) is 4. The molecule has 0 heterocycles. The van der Waals surface area contributed by atoms with Gasteiger partial charge in [-0.25, -0.2) is 0 Å². The van der Waals surface area contributed by atoms with Gasteiger partial charge in [-0.15, -0.1) is 0 Å². The minimum atomic E-state index is -4.96. The van der Waals surface area contributed by atoms with Gasteiger partial charge in [-0.2, -0.15) is 16.8 Å². The Bertz CT molecular complexity index is 1230. The van der Waals surface area contributed by atoms with Crippen molar-refractivity contribution in [3.05, 3.63) is 70.7 Å². The fraction of sp³-hybridized carbons (Fsp3) is 0. The summed E-state index contributed by atoms with van der Waals surface area (Å²) in [5.41, 5.74) is 0.576. The average molecular weight is 521 g/mol. The third-order valence-electron chi connectivity index (χ3n) is 3.72. The second kappa shape index (κ2) is 9.40. The number of rotatable bonds is 8. The summed E-state index contributed by atoms with van der Waals surface area (Å²) in [7, 11) is -9.91. The summed E-state index contributed by atoms with van der Waals surface area (Å²) in [6.07, 6.45) is 0. The standard InChI is InChI=1S/C18H14Cl2N2O8S2/c19-11-1-5-13(6-2-11)21-15-9-18(30-32(26,27)28)16(10-17(15)29-31(23,24)25)22-14-7-3-12(20)4-8-14/h1-10,21-22H,(H,23,24,25)(H,26,27,28). The van der Waals surface area contributed by atoms with Crippen LogP contribution in [0.3, 0.4) is 0 Å². The largest absolute Gasteiger partial charge is 0.446 e. The van der Waals surface area contributed by atoms with Gasteiger partial charge in [-0.05, 0) is 48.5 Å². The molecule has 0 aliphatic rings. The summed E-state index contributed by atoms with van der Waals surface area (Å²) in [5, 5.41) is 6.44. The van der Waals surface area contributed by atoms with Crippen LogP contribution in [0.25, 0.3) is 0 Å². The fourth-order valence-corrected chi connectivity index (χ4v) is 3.48. The highest BCUT2D eigenvalue weighted by Gasteiger charge is 2.20. The Morgan fingerprint density at radius 2 is 0.938 bits per heavy atom. The second-order valence-corrected chi connectivity index (χ2v) is 9.05. The molecule has 14 heteroatoms. The highest BCUT2D eigenvalue weighted by atomic mass is 35.5. The van der Waals surface area contributed by atoms with Crippen molar-refractivity contribution in [2.45, 2.75) is 0 Å². The lowest BCUT2D eigenvalue weighted by Gasteiger charge is -2.17. The molecule has 3 rings (SSSR count). The molecular formula is C18H14Cl2N2O8S2. The molecule has 0 saturated heterocycles. The molecule has 170 valence electrons. The van der Waals surface area contributed by atoms with E-state index in [1.54, 1.807) is 48.5 Å². The maximum atomic E-state index is 11.4. The molecule has 4 N–H and O–H groups in total. The van der Waals surface area contributed by atoms with Crippen LogP contribution in [0.15, 0.2) is 60.7 Å². The van der Waals surface area contributed by atoms with Gasteiger partial charge in [0.1, 0.15) is 0 Å². The van der Waals surface area contributed by atoms with E-state index < -0.39 is 32.3 Å². The van der Waals surface area contributed by atoms with Crippen molar-refractivity contribution in [2.75, 3.05) is 10.6 Å². The Hall–Kier alpha value is -2.74. The van der Waals surface area contributed by atoms with Crippen molar-refractivity contribution in [1.82, 2.24) is 0 Å². The van der Waals surface area contributed by atoms with Crippen LogP contribution in [0.1, 0.15) is 0 Å². The maximum absolute atomic E-state index is 11.4. The number of benzene rings is 3. The molecule has 0 aromatic heterocycles. The molecule has 0 spiro atoms. The Morgan fingerprint density at radius 1 is 0.625 bits per heavy atom. The maximum Gasteiger partial charge on any atom is 0.446 e. The first-order valence-electron chi connectivity index (χ1n) is 8.45. The van der Waals surface area contributed by atoms with Gasteiger partial charge in [0.05, 0.1) is 11.4 Å². The molecule has 3 aromatic rings. The quantitative estimate of drug-likeness (QED) is 0.303. The van der Waals surface area contributed by atoms with Gasteiger partial charge >= 0.3 is 20.8 Å². The molecule has 0 bridgehead atoms. The van der Waals surface area contributed by atoms with Crippen LogP contribution in [-0.4, -0.2) is 25.9 Å². The van der Waals surface area contributed by atoms with Gasteiger partial charge in [-0.3, -0.25) is 9.11 Å². The van der Waals surface area contributed by atoms with Gasteiger partial charge in [0.25, 0.3) is 0 Å². The molecule has 0 radical (unpaired) electrons. The summed E-state index contributed by atoms with van der Waals surface area (Å²) in [6.45, 7) is 0. The van der Waals surface area contributed by atoms with Crippen LogP contribution in [-0.2, 0) is 20.8 Å². The first-order chi connectivity index (χ1) is 14.9. The van der Waals surface area contributed by atoms with Crippen LogP contribution in [0.5, 0.6) is 11.5 Å². The molecule has 0 saturated carbocycles. The summed E-state index contributed by atoms with van der Waals surface area (Å²) >= 11 is 11.7. The minimum Gasteiger partial charge on any atom is -0.359 e. The summed E-state index contributed by atoms with van der Waals surface area (Å²) < 4.78 is 73.0. The van der Waals surface area contributed by atoms with E-state index in [1.165, 1.54) is 0 Å². The Morgan fingerprint density at radius 3 is 1.22 bits per heavy atom. The van der Waals surface area contributed by atoms with E-state index in [1.807, 2.05) is 0 Å². The zero-order chi connectivity index (χ0) is 23.5. The molecule has 10 nitrogen and oxygen atoms in total. The molecular weight excluding hydrogens is 507 g/mol. The van der Waals surface area contributed by atoms with E-state index in [-0.39, 0.29) is 11.4 Å². The lowest BCUT2D eigenvalue weighted by atomic mass is 10.2. The molecule has 0 amide bonds. The lowest BCUT2D eigenvalue weighted by molar-refractivity contribution is 0.381. The van der Waals surface area contributed by atoms with Crippen molar-refractivity contribution >= 4 is 66.7 Å². The minimum absolute atomic E-state index is 0.120. The fourth-order valence-electron chi connectivity index (χ4n) is 2.50. The number of hydrogen-bond acceptors (Lipinski definition) is 8. The Balaban J connectivity index is 2.12. The second-order valence-electron chi connectivity index (χ2n) is 6.13. The van der Waals surface area contributed by atoms with Crippen molar-refractivity contribution in [3.8, 4) is 11.5 Å². The van der Waals surface area contributed by atoms with Crippen molar-refractivity contribution in [3.63, 3.8) is 0 Å². The SMILES string of the molecule is O=S(=O)(O)Oc1cc(Nc2ccc(Cl)cc2)c(OS(=O)(=O)O)cc1Nc1ccc(Cl)cc1. The summed E-state index contributed by atoms with van der Waals surface area (Å²) in [5.74, 6) is -0.830. The van der Waals surface area contributed by atoms with Crippen LogP contribution in [0.4, 0.5) is 22.7 Å². The van der Waals surface area contributed by atoms with Gasteiger partial charge in [0.15, 0.2) is 11.5 Å². The van der Waals surface area contributed by atoms with Crippen molar-refractivity contribution < 1.29 is 34.3 Å². The normalized spacial score (nSPS) is 11.6. The predicted molar refractivity (Wildman–Crippen MR) is 120 cm³/mol. The van der Waals surface area contributed by atoms with Gasteiger partial charge in [0.2, 0.25) is 0 Å². The first kappa shape index (κ1) is 23.9. The van der Waals surface area contributed by atoms with Crippen LogP contribution < -0.4 is 19.0 Å². The lowest BCUT2D eigenvalue weighted by Crippen LogP contribution is -2.11. The van der Waals surface area contributed by atoms with E-state index in [0.717, 1.165) is 12.1 Å². The third-order valence-corrected chi connectivity index (χ3v) is 5.00. The predicted octanol–water partition coefficient (Wildman–Crippen LogP) is 4.84. The van der Waals surface area contributed by atoms with E-state index in [0.29, 0.717) is 21.4 Å². The van der Waals surface area contributed by atoms with E-state index in [2.05, 4.69) is 19.0 Å². The van der Waals surface area contributed by atoms with Gasteiger partial charge < -0.3 is 19.0 Å². The summed E-state index contributed by atoms with van der Waals surface area (Å²) in [6, 6.07) is 14.4. The number of halogens is 2. The number of anilines is 4. The smallest absolute Gasteiger partial charge is 0.359 e. The molecule has 32 heavy (non-hydrogen) atoms. The highest BCUT2D eigenvalue weighted by molar-refractivity contribution is 7.81. The molecule has 0 aliphatic heterocycles. The van der Waals surface area contributed by atoms with E-state index >= 15 is 0 Å². The van der Waals surface area contributed by atoms with Crippen molar-refractivity contribution in [2.24, 2.45) is 0 Å². The van der Waals surface area contributed by atoms with Crippen LogP contribution in [0.2, 0.25) is 10.0 Å². The van der Waals surface area contributed by atoms with Gasteiger partial charge in [-0.1, -0.05) is 23.2 Å². The van der Waals surface area contributed by atoms with Crippen LogP contribution >= 0.6 is 23.2 Å². The highest BCUT2D eigenvalue weighted by Crippen LogP contribution is 2.40. The Kier molecular flexibility index (Phi) is 7.03. The van der Waals surface area contributed by atoms with E-state index in [9.17, 15) is 16.8 Å².